The lowest BCUT2D eigenvalue weighted by Gasteiger charge is -2.55. The van der Waals surface area contributed by atoms with Crippen molar-refractivity contribution in [2.24, 2.45) is 23.2 Å². The van der Waals surface area contributed by atoms with Crippen molar-refractivity contribution in [3.63, 3.8) is 0 Å². The van der Waals surface area contributed by atoms with Gasteiger partial charge in [-0.3, -0.25) is 14.5 Å². The fourth-order valence-corrected chi connectivity index (χ4v) is 7.39. The molecule has 4 bridgehead atoms. The summed E-state index contributed by atoms with van der Waals surface area (Å²) in [5, 5.41) is 6.20. The van der Waals surface area contributed by atoms with Crippen LogP contribution in [0.3, 0.4) is 0 Å². The first-order valence-electron chi connectivity index (χ1n) is 12.9. The first-order chi connectivity index (χ1) is 15.6. The Balaban J connectivity index is 1.07. The Bertz CT molecular complexity index is 795. The van der Waals surface area contributed by atoms with Crippen molar-refractivity contribution in [3.05, 3.63) is 35.4 Å². The molecule has 174 valence electrons. The SMILES string of the molecule is O=C(CCNC(=O)C12CC3CC(CC(C3)C1)C2)NCc1ccccc1CN1CCCCC1. The van der Waals surface area contributed by atoms with Crippen LogP contribution >= 0.6 is 0 Å². The number of nitrogens with one attached hydrogen (secondary N) is 2. The van der Waals surface area contributed by atoms with Crippen molar-refractivity contribution < 1.29 is 9.59 Å². The van der Waals surface area contributed by atoms with Gasteiger partial charge in [-0.25, -0.2) is 0 Å². The number of nitrogens with zero attached hydrogens (tertiary/aromatic N) is 1. The summed E-state index contributed by atoms with van der Waals surface area (Å²) < 4.78 is 0. The molecule has 2 amide bonds. The van der Waals surface area contributed by atoms with Crippen molar-refractivity contribution in [2.45, 2.75) is 77.3 Å². The van der Waals surface area contributed by atoms with Crippen molar-refractivity contribution >= 4 is 11.8 Å². The average Bonchev–Trinajstić information content (AvgIpc) is 2.78. The van der Waals surface area contributed by atoms with Gasteiger partial charge in [0.25, 0.3) is 0 Å². The van der Waals surface area contributed by atoms with E-state index < -0.39 is 0 Å². The van der Waals surface area contributed by atoms with E-state index in [0.29, 0.717) is 19.5 Å². The molecule has 4 aliphatic carbocycles. The summed E-state index contributed by atoms with van der Waals surface area (Å²) >= 11 is 0. The summed E-state index contributed by atoms with van der Waals surface area (Å²) in [6.07, 6.45) is 11.5. The third kappa shape index (κ3) is 4.88. The van der Waals surface area contributed by atoms with Crippen LogP contribution in [0.1, 0.15) is 75.3 Å². The Morgan fingerprint density at radius 1 is 0.875 bits per heavy atom. The van der Waals surface area contributed by atoms with E-state index in [0.717, 1.165) is 43.6 Å². The van der Waals surface area contributed by atoms with Gasteiger partial charge in [0.2, 0.25) is 11.8 Å². The molecule has 0 radical (unpaired) electrons. The van der Waals surface area contributed by atoms with E-state index in [-0.39, 0.29) is 17.2 Å². The standard InChI is InChI=1S/C27H39N3O2/c31-25(29-18-23-6-2-3-7-24(23)19-30-10-4-1-5-11-30)8-9-28-26(32)27-15-20-12-21(16-27)14-22(13-20)17-27/h2-3,6-7,20-22H,1,4-5,8-19H2,(H,28,32)(H,29,31). The molecule has 1 aromatic rings. The smallest absolute Gasteiger partial charge is 0.226 e. The summed E-state index contributed by atoms with van der Waals surface area (Å²) in [5.41, 5.74) is 2.38. The number of hydrogen-bond acceptors (Lipinski definition) is 3. The number of carbonyl (C=O) groups excluding carboxylic acids is 2. The van der Waals surface area contributed by atoms with Crippen LogP contribution < -0.4 is 10.6 Å². The van der Waals surface area contributed by atoms with Crippen LogP contribution in [-0.2, 0) is 22.7 Å². The number of piperidine rings is 1. The first kappa shape index (κ1) is 21.9. The molecule has 2 N–H and O–H groups in total. The molecule has 1 saturated heterocycles. The van der Waals surface area contributed by atoms with E-state index in [1.807, 2.05) is 6.07 Å². The normalized spacial score (nSPS) is 31.4. The highest BCUT2D eigenvalue weighted by atomic mass is 16.2. The quantitative estimate of drug-likeness (QED) is 0.646. The molecular weight excluding hydrogens is 398 g/mol. The number of benzene rings is 1. The van der Waals surface area contributed by atoms with Gasteiger partial charge in [0, 0.05) is 31.5 Å². The first-order valence-corrected chi connectivity index (χ1v) is 12.9. The van der Waals surface area contributed by atoms with Gasteiger partial charge in [-0.15, -0.1) is 0 Å². The summed E-state index contributed by atoms with van der Waals surface area (Å²) in [7, 11) is 0. The molecular formula is C27H39N3O2. The minimum atomic E-state index is -0.126. The van der Waals surface area contributed by atoms with Crippen LogP contribution in [0, 0.1) is 23.2 Å². The van der Waals surface area contributed by atoms with Crippen LogP contribution in [-0.4, -0.2) is 36.3 Å². The largest absolute Gasteiger partial charge is 0.355 e. The second kappa shape index (κ2) is 9.54. The molecule has 0 spiro atoms. The highest BCUT2D eigenvalue weighted by molar-refractivity contribution is 5.84. The minimum Gasteiger partial charge on any atom is -0.355 e. The zero-order valence-corrected chi connectivity index (χ0v) is 19.4. The van der Waals surface area contributed by atoms with Crippen LogP contribution in [0.5, 0.6) is 0 Å². The van der Waals surface area contributed by atoms with Gasteiger partial charge in [-0.1, -0.05) is 30.7 Å². The van der Waals surface area contributed by atoms with Crippen LogP contribution in [0.25, 0.3) is 0 Å². The second-order valence-corrected chi connectivity index (χ2v) is 11.1. The van der Waals surface area contributed by atoms with Gasteiger partial charge >= 0.3 is 0 Å². The summed E-state index contributed by atoms with van der Waals surface area (Å²) in [6, 6.07) is 8.44. The van der Waals surface area contributed by atoms with Gasteiger partial charge in [0.15, 0.2) is 0 Å². The van der Waals surface area contributed by atoms with Crippen LogP contribution in [0.15, 0.2) is 24.3 Å². The van der Waals surface area contributed by atoms with Crippen molar-refractivity contribution in [1.29, 1.82) is 0 Å². The zero-order valence-electron chi connectivity index (χ0n) is 19.4. The van der Waals surface area contributed by atoms with Crippen molar-refractivity contribution in [2.75, 3.05) is 19.6 Å². The molecule has 0 aromatic heterocycles. The Kier molecular flexibility index (Phi) is 6.54. The maximum Gasteiger partial charge on any atom is 0.226 e. The van der Waals surface area contributed by atoms with Gasteiger partial charge in [-0.05, 0) is 93.3 Å². The second-order valence-electron chi connectivity index (χ2n) is 11.1. The molecule has 1 aromatic carbocycles. The lowest BCUT2D eigenvalue weighted by molar-refractivity contribution is -0.146. The van der Waals surface area contributed by atoms with E-state index in [4.69, 9.17) is 0 Å². The van der Waals surface area contributed by atoms with Crippen LogP contribution in [0.4, 0.5) is 0 Å². The molecule has 5 fully saturated rings. The summed E-state index contributed by atoms with van der Waals surface area (Å²) in [6.45, 7) is 4.31. The molecule has 6 rings (SSSR count). The average molecular weight is 438 g/mol. The Labute approximate surface area is 192 Å². The number of rotatable bonds is 8. The number of likely N-dealkylation sites (tertiary alicyclic amines) is 1. The minimum absolute atomic E-state index is 0.0172. The zero-order chi connectivity index (χ0) is 22.0. The fourth-order valence-electron chi connectivity index (χ4n) is 7.39. The van der Waals surface area contributed by atoms with Crippen molar-refractivity contribution in [3.8, 4) is 0 Å². The highest BCUT2D eigenvalue weighted by Gasteiger charge is 2.54. The summed E-state index contributed by atoms with van der Waals surface area (Å²) in [4.78, 5) is 28.0. The number of carbonyl (C=O) groups is 2. The van der Waals surface area contributed by atoms with E-state index in [9.17, 15) is 9.59 Å². The summed E-state index contributed by atoms with van der Waals surface area (Å²) in [5.74, 6) is 2.53. The van der Waals surface area contributed by atoms with Gasteiger partial charge in [0.05, 0.1) is 0 Å². The third-order valence-electron chi connectivity index (χ3n) is 8.59. The molecule has 4 saturated carbocycles. The Morgan fingerprint density at radius 2 is 1.50 bits per heavy atom. The monoisotopic (exact) mass is 437 g/mol. The number of hydrogen-bond donors (Lipinski definition) is 2. The van der Waals surface area contributed by atoms with E-state index in [2.05, 4.69) is 33.7 Å². The van der Waals surface area contributed by atoms with Crippen LogP contribution in [0.2, 0.25) is 0 Å². The topological polar surface area (TPSA) is 61.4 Å². The Morgan fingerprint density at radius 3 is 2.16 bits per heavy atom. The fraction of sp³-hybridized carbons (Fsp3) is 0.704. The predicted molar refractivity (Wildman–Crippen MR) is 126 cm³/mol. The molecule has 1 aliphatic heterocycles. The molecule has 5 nitrogen and oxygen atoms in total. The molecule has 5 aliphatic rings. The molecule has 32 heavy (non-hydrogen) atoms. The molecule has 5 heteroatoms. The van der Waals surface area contributed by atoms with Gasteiger partial charge < -0.3 is 10.6 Å². The lowest BCUT2D eigenvalue weighted by Crippen LogP contribution is -2.53. The van der Waals surface area contributed by atoms with E-state index in [1.165, 1.54) is 62.7 Å². The molecule has 0 atom stereocenters. The highest BCUT2D eigenvalue weighted by Crippen LogP contribution is 2.60. The van der Waals surface area contributed by atoms with Gasteiger partial charge in [-0.2, -0.15) is 0 Å². The van der Waals surface area contributed by atoms with E-state index >= 15 is 0 Å². The maximum atomic E-state index is 13.0. The third-order valence-corrected chi connectivity index (χ3v) is 8.59. The number of amides is 2. The van der Waals surface area contributed by atoms with Crippen molar-refractivity contribution in [1.82, 2.24) is 15.5 Å². The lowest BCUT2D eigenvalue weighted by atomic mass is 9.49. The Hall–Kier alpha value is -1.88. The molecule has 0 unspecified atom stereocenters. The van der Waals surface area contributed by atoms with Gasteiger partial charge in [0.1, 0.15) is 0 Å². The molecule has 1 heterocycles. The predicted octanol–water partition coefficient (Wildman–Crippen LogP) is 4.01. The van der Waals surface area contributed by atoms with E-state index in [1.54, 1.807) is 0 Å². The maximum absolute atomic E-state index is 13.0.